The molecular formula is C14H27NO2. The van der Waals surface area contributed by atoms with E-state index in [-0.39, 0.29) is 5.92 Å². The minimum atomic E-state index is 0.234. The van der Waals surface area contributed by atoms with Crippen LogP contribution < -0.4 is 0 Å². The van der Waals surface area contributed by atoms with Crippen molar-refractivity contribution in [2.75, 3.05) is 33.4 Å². The molecule has 0 N–H and O–H groups in total. The van der Waals surface area contributed by atoms with Gasteiger partial charge in [-0.05, 0) is 32.2 Å². The Morgan fingerprint density at radius 1 is 1.41 bits per heavy atom. The van der Waals surface area contributed by atoms with Crippen molar-refractivity contribution in [3.05, 3.63) is 0 Å². The van der Waals surface area contributed by atoms with Crippen molar-refractivity contribution in [3.8, 4) is 0 Å². The van der Waals surface area contributed by atoms with Gasteiger partial charge >= 0.3 is 0 Å². The highest BCUT2D eigenvalue weighted by Gasteiger charge is 2.32. The molecule has 0 bridgehead atoms. The SMILES string of the molecule is CCOCCN(C)CC1C(=O)CC(C)CC1C. The molecule has 1 fully saturated rings. The number of ether oxygens (including phenoxy) is 1. The molecule has 3 atom stereocenters. The lowest BCUT2D eigenvalue weighted by molar-refractivity contribution is -0.128. The van der Waals surface area contributed by atoms with Gasteiger partial charge in [0, 0.05) is 32.0 Å². The third-order valence-electron chi connectivity index (χ3n) is 3.75. The Morgan fingerprint density at radius 3 is 2.71 bits per heavy atom. The van der Waals surface area contributed by atoms with Gasteiger partial charge in [-0.1, -0.05) is 13.8 Å². The van der Waals surface area contributed by atoms with Gasteiger partial charge in [0.2, 0.25) is 0 Å². The second-order valence-corrected chi connectivity index (χ2v) is 5.55. The molecular weight excluding hydrogens is 214 g/mol. The van der Waals surface area contributed by atoms with Crippen LogP contribution in [0.15, 0.2) is 0 Å². The summed E-state index contributed by atoms with van der Waals surface area (Å²) in [5.74, 6) is 1.79. The maximum atomic E-state index is 12.0. The fourth-order valence-electron chi connectivity index (χ4n) is 2.77. The van der Waals surface area contributed by atoms with Crippen molar-refractivity contribution >= 4 is 5.78 Å². The van der Waals surface area contributed by atoms with Gasteiger partial charge in [0.25, 0.3) is 0 Å². The van der Waals surface area contributed by atoms with Gasteiger partial charge in [-0.3, -0.25) is 4.79 Å². The standard InChI is InChI=1S/C14H27NO2/c1-5-17-7-6-15(4)10-13-12(3)8-11(2)9-14(13)16/h11-13H,5-10H2,1-4H3. The third kappa shape index (κ3) is 4.76. The van der Waals surface area contributed by atoms with Crippen LogP contribution in [0.4, 0.5) is 0 Å². The summed E-state index contributed by atoms with van der Waals surface area (Å²) in [6.07, 6.45) is 1.96. The number of hydrogen-bond donors (Lipinski definition) is 0. The molecule has 0 heterocycles. The number of Topliss-reactive ketones (excluding diaryl/α,β-unsaturated/α-hetero) is 1. The zero-order chi connectivity index (χ0) is 12.8. The van der Waals surface area contributed by atoms with E-state index in [1.165, 1.54) is 6.42 Å². The molecule has 0 aromatic carbocycles. The lowest BCUT2D eigenvalue weighted by Gasteiger charge is -2.33. The van der Waals surface area contributed by atoms with Crippen LogP contribution in [0.2, 0.25) is 0 Å². The molecule has 1 rings (SSSR count). The van der Waals surface area contributed by atoms with Crippen LogP contribution in [0.5, 0.6) is 0 Å². The molecule has 3 nitrogen and oxygen atoms in total. The first kappa shape index (κ1) is 14.7. The van der Waals surface area contributed by atoms with E-state index in [1.54, 1.807) is 0 Å². The third-order valence-corrected chi connectivity index (χ3v) is 3.75. The smallest absolute Gasteiger partial charge is 0.137 e. The molecule has 1 saturated carbocycles. The maximum absolute atomic E-state index is 12.0. The second-order valence-electron chi connectivity index (χ2n) is 5.55. The van der Waals surface area contributed by atoms with Gasteiger partial charge in [-0.25, -0.2) is 0 Å². The lowest BCUT2D eigenvalue weighted by Crippen LogP contribution is -2.39. The Kier molecular flexibility index (Phi) is 6.14. The molecule has 0 amide bonds. The van der Waals surface area contributed by atoms with Crippen LogP contribution >= 0.6 is 0 Å². The summed E-state index contributed by atoms with van der Waals surface area (Å²) in [6, 6.07) is 0. The quantitative estimate of drug-likeness (QED) is 0.668. The molecule has 0 saturated heterocycles. The zero-order valence-corrected chi connectivity index (χ0v) is 11.7. The van der Waals surface area contributed by atoms with Gasteiger partial charge in [0.15, 0.2) is 0 Å². The predicted molar refractivity (Wildman–Crippen MR) is 70.0 cm³/mol. The van der Waals surface area contributed by atoms with E-state index in [2.05, 4.69) is 25.8 Å². The molecule has 3 unspecified atom stereocenters. The largest absolute Gasteiger partial charge is 0.380 e. The van der Waals surface area contributed by atoms with E-state index in [1.807, 2.05) is 6.92 Å². The van der Waals surface area contributed by atoms with E-state index in [4.69, 9.17) is 4.74 Å². The summed E-state index contributed by atoms with van der Waals surface area (Å²) < 4.78 is 5.34. The number of carbonyl (C=O) groups excluding carboxylic acids is 1. The highest BCUT2D eigenvalue weighted by atomic mass is 16.5. The number of ketones is 1. The highest BCUT2D eigenvalue weighted by Crippen LogP contribution is 2.31. The first-order valence-corrected chi connectivity index (χ1v) is 6.83. The first-order valence-electron chi connectivity index (χ1n) is 6.83. The predicted octanol–water partition coefficient (Wildman–Crippen LogP) is 2.21. The van der Waals surface area contributed by atoms with E-state index in [9.17, 15) is 4.79 Å². The first-order chi connectivity index (χ1) is 8.04. The summed E-state index contributed by atoms with van der Waals surface area (Å²) in [6.45, 7) is 9.74. The van der Waals surface area contributed by atoms with Gasteiger partial charge in [-0.2, -0.15) is 0 Å². The summed E-state index contributed by atoms with van der Waals surface area (Å²) in [5.41, 5.74) is 0. The van der Waals surface area contributed by atoms with Crippen LogP contribution in [0, 0.1) is 17.8 Å². The van der Waals surface area contributed by atoms with Crippen molar-refractivity contribution in [3.63, 3.8) is 0 Å². The average Bonchev–Trinajstić information content (AvgIpc) is 2.24. The molecule has 0 radical (unpaired) electrons. The molecule has 1 aliphatic rings. The van der Waals surface area contributed by atoms with Crippen LogP contribution in [-0.2, 0) is 9.53 Å². The van der Waals surface area contributed by atoms with Gasteiger partial charge in [-0.15, -0.1) is 0 Å². The molecule has 0 aliphatic heterocycles. The van der Waals surface area contributed by atoms with Crippen LogP contribution in [-0.4, -0.2) is 44.0 Å². The Bertz CT molecular complexity index is 242. The van der Waals surface area contributed by atoms with Crippen molar-refractivity contribution in [2.24, 2.45) is 17.8 Å². The van der Waals surface area contributed by atoms with E-state index in [0.717, 1.165) is 32.7 Å². The van der Waals surface area contributed by atoms with Crippen molar-refractivity contribution in [1.82, 2.24) is 4.90 Å². The van der Waals surface area contributed by atoms with Gasteiger partial charge in [0.05, 0.1) is 6.61 Å². The molecule has 0 aromatic heterocycles. The number of hydrogen-bond acceptors (Lipinski definition) is 3. The number of carbonyl (C=O) groups is 1. The normalized spacial score (nSPS) is 29.9. The fraction of sp³-hybridized carbons (Fsp3) is 0.929. The molecule has 0 aromatic rings. The van der Waals surface area contributed by atoms with Gasteiger partial charge in [0.1, 0.15) is 5.78 Å². The molecule has 17 heavy (non-hydrogen) atoms. The average molecular weight is 241 g/mol. The molecule has 3 heteroatoms. The van der Waals surface area contributed by atoms with E-state index in [0.29, 0.717) is 17.6 Å². The Hall–Kier alpha value is -0.410. The summed E-state index contributed by atoms with van der Waals surface area (Å²) in [5, 5.41) is 0. The molecule has 100 valence electrons. The lowest BCUT2D eigenvalue weighted by atomic mass is 9.74. The van der Waals surface area contributed by atoms with Gasteiger partial charge < -0.3 is 9.64 Å². The number of likely N-dealkylation sites (N-methyl/N-ethyl adjacent to an activating group) is 1. The zero-order valence-electron chi connectivity index (χ0n) is 11.7. The van der Waals surface area contributed by atoms with Crippen molar-refractivity contribution in [1.29, 1.82) is 0 Å². The maximum Gasteiger partial charge on any atom is 0.137 e. The fourth-order valence-corrected chi connectivity index (χ4v) is 2.77. The van der Waals surface area contributed by atoms with Crippen LogP contribution in [0.25, 0.3) is 0 Å². The summed E-state index contributed by atoms with van der Waals surface area (Å²) in [4.78, 5) is 14.2. The monoisotopic (exact) mass is 241 g/mol. The molecule has 0 spiro atoms. The van der Waals surface area contributed by atoms with Crippen LogP contribution in [0.1, 0.15) is 33.6 Å². The number of rotatable bonds is 6. The summed E-state index contributed by atoms with van der Waals surface area (Å²) >= 11 is 0. The highest BCUT2D eigenvalue weighted by molar-refractivity contribution is 5.82. The minimum absolute atomic E-state index is 0.234. The second kappa shape index (κ2) is 7.12. The molecule has 1 aliphatic carbocycles. The van der Waals surface area contributed by atoms with Crippen molar-refractivity contribution in [2.45, 2.75) is 33.6 Å². The Balaban J connectivity index is 2.36. The minimum Gasteiger partial charge on any atom is -0.380 e. The van der Waals surface area contributed by atoms with Crippen LogP contribution in [0.3, 0.4) is 0 Å². The summed E-state index contributed by atoms with van der Waals surface area (Å²) in [7, 11) is 2.08. The number of nitrogens with zero attached hydrogens (tertiary/aromatic N) is 1. The Morgan fingerprint density at radius 2 is 2.12 bits per heavy atom. The topological polar surface area (TPSA) is 29.5 Å². The van der Waals surface area contributed by atoms with E-state index >= 15 is 0 Å². The Labute approximate surface area is 106 Å². The van der Waals surface area contributed by atoms with Crippen molar-refractivity contribution < 1.29 is 9.53 Å². The van der Waals surface area contributed by atoms with E-state index < -0.39 is 0 Å².